The lowest BCUT2D eigenvalue weighted by Gasteiger charge is -2.25. The van der Waals surface area contributed by atoms with Crippen LogP contribution in [0.2, 0.25) is 0 Å². The summed E-state index contributed by atoms with van der Waals surface area (Å²) in [6.45, 7) is 4.87. The van der Waals surface area contributed by atoms with Crippen molar-refractivity contribution in [1.29, 1.82) is 0 Å². The third kappa shape index (κ3) is 5.03. The number of rotatable bonds is 4. The Kier molecular flexibility index (Phi) is 5.26. The molecule has 1 aromatic rings. The first-order chi connectivity index (χ1) is 9.61. The van der Waals surface area contributed by atoms with Gasteiger partial charge in [0.05, 0.1) is 6.04 Å². The van der Waals surface area contributed by atoms with Crippen molar-refractivity contribution in [3.63, 3.8) is 0 Å². The van der Waals surface area contributed by atoms with E-state index in [1.807, 2.05) is 0 Å². The van der Waals surface area contributed by atoms with Crippen molar-refractivity contribution in [2.75, 3.05) is 0 Å². The van der Waals surface area contributed by atoms with E-state index in [9.17, 15) is 19.1 Å². The fourth-order valence-corrected chi connectivity index (χ4v) is 1.63. The zero-order chi connectivity index (χ0) is 16.2. The van der Waals surface area contributed by atoms with Crippen LogP contribution in [-0.4, -0.2) is 34.0 Å². The van der Waals surface area contributed by atoms with Crippen molar-refractivity contribution in [3.05, 3.63) is 35.6 Å². The second kappa shape index (κ2) is 6.53. The fourth-order valence-electron chi connectivity index (χ4n) is 1.63. The number of aliphatic hydroxyl groups is 1. The van der Waals surface area contributed by atoms with E-state index in [-0.39, 0.29) is 5.56 Å². The predicted molar refractivity (Wildman–Crippen MR) is 72.2 cm³/mol. The largest absolute Gasteiger partial charge is 0.479 e. The third-order valence-electron chi connectivity index (χ3n) is 2.48. The van der Waals surface area contributed by atoms with Crippen molar-refractivity contribution in [2.45, 2.75) is 38.5 Å². The molecule has 0 heterocycles. The molecule has 7 heteroatoms. The van der Waals surface area contributed by atoms with E-state index in [2.05, 4.69) is 5.32 Å². The van der Waals surface area contributed by atoms with Crippen LogP contribution in [0.15, 0.2) is 24.3 Å². The Morgan fingerprint density at radius 2 is 1.86 bits per heavy atom. The molecule has 0 bridgehead atoms. The summed E-state index contributed by atoms with van der Waals surface area (Å²) in [5.41, 5.74) is -0.948. The van der Waals surface area contributed by atoms with Gasteiger partial charge in [0.1, 0.15) is 11.4 Å². The molecular formula is C14H18FNO5. The molecule has 6 nitrogen and oxygen atoms in total. The van der Waals surface area contributed by atoms with Crippen molar-refractivity contribution < 1.29 is 28.9 Å². The standard InChI is InChI=1S/C14H18FNO5/c1-14(2,3)21-13(20)16-10(11(17)12(18)19)8-6-4-5-7-9(8)15/h4-7,10-11,17H,1-3H3,(H,16,20)(H,18,19). The second-order valence-corrected chi connectivity index (χ2v) is 5.43. The van der Waals surface area contributed by atoms with Gasteiger partial charge in [0.25, 0.3) is 0 Å². The van der Waals surface area contributed by atoms with Crippen LogP contribution >= 0.6 is 0 Å². The number of nitrogens with one attached hydrogen (secondary N) is 1. The maximum Gasteiger partial charge on any atom is 0.408 e. The lowest BCUT2D eigenvalue weighted by atomic mass is 10.0. The van der Waals surface area contributed by atoms with Gasteiger partial charge in [-0.1, -0.05) is 18.2 Å². The van der Waals surface area contributed by atoms with Gasteiger partial charge in [-0.25, -0.2) is 14.0 Å². The molecule has 0 saturated carbocycles. The Labute approximate surface area is 121 Å². The number of hydrogen-bond donors (Lipinski definition) is 3. The normalized spacial score (nSPS) is 14.1. The minimum Gasteiger partial charge on any atom is -0.479 e. The van der Waals surface area contributed by atoms with E-state index in [0.717, 1.165) is 6.07 Å². The monoisotopic (exact) mass is 299 g/mol. The summed E-state index contributed by atoms with van der Waals surface area (Å²) in [7, 11) is 0. The number of hydrogen-bond acceptors (Lipinski definition) is 4. The number of carboxylic acid groups (broad SMARTS) is 1. The Balaban J connectivity index is 3.02. The number of carbonyl (C=O) groups excluding carboxylic acids is 1. The number of halogens is 1. The van der Waals surface area contributed by atoms with Crippen molar-refractivity contribution in [2.24, 2.45) is 0 Å². The minimum atomic E-state index is -2.01. The van der Waals surface area contributed by atoms with Gasteiger partial charge in [-0.05, 0) is 26.8 Å². The molecule has 0 aliphatic carbocycles. The van der Waals surface area contributed by atoms with Crippen molar-refractivity contribution in [3.8, 4) is 0 Å². The number of aliphatic hydroxyl groups excluding tert-OH is 1. The topological polar surface area (TPSA) is 95.9 Å². The molecule has 1 aromatic carbocycles. The van der Waals surface area contributed by atoms with Gasteiger partial charge in [-0.3, -0.25) is 0 Å². The van der Waals surface area contributed by atoms with Crippen LogP contribution in [0.1, 0.15) is 32.4 Å². The maximum atomic E-state index is 13.8. The van der Waals surface area contributed by atoms with Crippen LogP contribution in [0.4, 0.5) is 9.18 Å². The summed E-state index contributed by atoms with van der Waals surface area (Å²) in [6, 6.07) is 3.81. The van der Waals surface area contributed by atoms with Crippen LogP contribution in [-0.2, 0) is 9.53 Å². The molecule has 0 aliphatic heterocycles. The van der Waals surface area contributed by atoms with Gasteiger partial charge < -0.3 is 20.3 Å². The number of carboxylic acids is 1. The van der Waals surface area contributed by atoms with Crippen LogP contribution in [0.25, 0.3) is 0 Å². The molecule has 1 amide bonds. The zero-order valence-corrected chi connectivity index (χ0v) is 12.0. The molecule has 0 spiro atoms. The van der Waals surface area contributed by atoms with Crippen LogP contribution < -0.4 is 5.32 Å². The van der Waals surface area contributed by atoms with Crippen LogP contribution in [0.3, 0.4) is 0 Å². The number of aliphatic carboxylic acids is 1. The highest BCUT2D eigenvalue weighted by Crippen LogP contribution is 2.21. The SMILES string of the molecule is CC(C)(C)OC(=O)NC(c1ccccc1F)C(O)C(=O)O. The van der Waals surface area contributed by atoms with Crippen molar-refractivity contribution >= 4 is 12.1 Å². The van der Waals surface area contributed by atoms with Gasteiger partial charge in [-0.15, -0.1) is 0 Å². The molecular weight excluding hydrogens is 281 g/mol. The molecule has 21 heavy (non-hydrogen) atoms. The smallest absolute Gasteiger partial charge is 0.408 e. The van der Waals surface area contributed by atoms with Gasteiger partial charge >= 0.3 is 12.1 Å². The molecule has 0 radical (unpaired) electrons. The number of alkyl carbamates (subject to hydrolysis) is 1. The molecule has 2 atom stereocenters. The number of benzene rings is 1. The van der Waals surface area contributed by atoms with E-state index in [1.165, 1.54) is 18.2 Å². The first-order valence-corrected chi connectivity index (χ1v) is 6.26. The summed E-state index contributed by atoms with van der Waals surface area (Å²) in [5, 5.41) is 20.7. The summed E-state index contributed by atoms with van der Waals surface area (Å²) in [5.74, 6) is -2.32. The Morgan fingerprint density at radius 1 is 1.29 bits per heavy atom. The first-order valence-electron chi connectivity index (χ1n) is 6.26. The van der Waals surface area contributed by atoms with Gasteiger partial charge in [0.2, 0.25) is 0 Å². The number of amides is 1. The summed E-state index contributed by atoms with van der Waals surface area (Å²) in [4.78, 5) is 22.6. The van der Waals surface area contributed by atoms with Crippen molar-refractivity contribution in [1.82, 2.24) is 5.32 Å². The molecule has 1 rings (SSSR count). The average Bonchev–Trinajstić information content (AvgIpc) is 2.34. The minimum absolute atomic E-state index is 0.141. The molecule has 0 saturated heterocycles. The van der Waals surface area contributed by atoms with E-state index < -0.39 is 35.6 Å². The maximum absolute atomic E-state index is 13.8. The van der Waals surface area contributed by atoms with E-state index in [0.29, 0.717) is 0 Å². The van der Waals surface area contributed by atoms with Gasteiger partial charge in [-0.2, -0.15) is 0 Å². The average molecular weight is 299 g/mol. The number of carbonyl (C=O) groups is 2. The summed E-state index contributed by atoms with van der Waals surface area (Å²) < 4.78 is 18.7. The lowest BCUT2D eigenvalue weighted by molar-refractivity contribution is -0.148. The highest BCUT2D eigenvalue weighted by atomic mass is 19.1. The number of ether oxygens (including phenoxy) is 1. The fraction of sp³-hybridized carbons (Fsp3) is 0.429. The molecule has 0 fully saturated rings. The highest BCUT2D eigenvalue weighted by molar-refractivity contribution is 5.75. The van der Waals surface area contributed by atoms with Crippen LogP contribution in [0.5, 0.6) is 0 Å². The predicted octanol–water partition coefficient (Wildman–Crippen LogP) is 1.84. The van der Waals surface area contributed by atoms with Gasteiger partial charge in [0, 0.05) is 5.56 Å². The molecule has 0 aliphatic rings. The quantitative estimate of drug-likeness (QED) is 0.788. The Hall–Kier alpha value is -2.15. The summed E-state index contributed by atoms with van der Waals surface area (Å²) >= 11 is 0. The molecule has 2 unspecified atom stereocenters. The molecule has 116 valence electrons. The highest BCUT2D eigenvalue weighted by Gasteiger charge is 2.32. The van der Waals surface area contributed by atoms with E-state index in [4.69, 9.17) is 9.84 Å². The lowest BCUT2D eigenvalue weighted by Crippen LogP contribution is -2.42. The Bertz CT molecular complexity index is 526. The van der Waals surface area contributed by atoms with Gasteiger partial charge in [0.15, 0.2) is 6.10 Å². The zero-order valence-electron chi connectivity index (χ0n) is 12.0. The van der Waals surface area contributed by atoms with E-state index in [1.54, 1.807) is 20.8 Å². The first kappa shape index (κ1) is 16.9. The van der Waals surface area contributed by atoms with Crippen LogP contribution in [0, 0.1) is 5.82 Å². The second-order valence-electron chi connectivity index (χ2n) is 5.43. The summed E-state index contributed by atoms with van der Waals surface area (Å²) in [6.07, 6.45) is -2.95. The third-order valence-corrected chi connectivity index (χ3v) is 2.48. The Morgan fingerprint density at radius 3 is 2.33 bits per heavy atom. The molecule has 3 N–H and O–H groups in total. The molecule has 0 aromatic heterocycles. The van der Waals surface area contributed by atoms with E-state index >= 15 is 0 Å².